The molecule has 46 heavy (non-hydrogen) atoms. The van der Waals surface area contributed by atoms with E-state index >= 15 is 0 Å². The zero-order valence-electron chi connectivity index (χ0n) is 24.5. The highest BCUT2D eigenvalue weighted by Crippen LogP contribution is 2.37. The van der Waals surface area contributed by atoms with Crippen LogP contribution in [0.4, 0.5) is 17.1 Å². The number of nitrogens with one attached hydrogen (secondary N) is 3. The smallest absolute Gasteiger partial charge is 0.272 e. The third-order valence-corrected chi connectivity index (χ3v) is 8.79. The number of hydrogen-bond acceptors (Lipinski definition) is 7. The molecule has 5 rings (SSSR count). The van der Waals surface area contributed by atoms with E-state index in [1.165, 1.54) is 41.3 Å². The Bertz CT molecular complexity index is 1900. The fraction of sp³-hybridized carbons (Fsp3) is 0.0571. The van der Waals surface area contributed by atoms with Crippen LogP contribution in [-0.2, 0) is 9.59 Å². The van der Waals surface area contributed by atoms with Crippen LogP contribution in [0.25, 0.3) is 6.08 Å². The first-order chi connectivity index (χ1) is 22.3. The number of non-ortho nitro benzene ring substituents is 1. The lowest BCUT2D eigenvalue weighted by Gasteiger charge is -2.18. The summed E-state index contributed by atoms with van der Waals surface area (Å²) in [6.07, 6.45) is 1.62. The molecule has 4 aromatic carbocycles. The van der Waals surface area contributed by atoms with Crippen molar-refractivity contribution >= 4 is 64.0 Å². The minimum absolute atomic E-state index is 0.0589. The van der Waals surface area contributed by atoms with Crippen LogP contribution >= 0.6 is 23.1 Å². The molecule has 0 aliphatic heterocycles. The number of rotatable bonds is 11. The molecule has 0 fully saturated rings. The Morgan fingerprint density at radius 3 is 2.26 bits per heavy atom. The topological polar surface area (TPSA) is 130 Å². The van der Waals surface area contributed by atoms with Gasteiger partial charge >= 0.3 is 0 Å². The number of nitro benzene ring substituents is 1. The average Bonchev–Trinajstić information content (AvgIpc) is 3.58. The molecule has 230 valence electrons. The van der Waals surface area contributed by atoms with Crippen LogP contribution in [-0.4, -0.2) is 22.6 Å². The van der Waals surface area contributed by atoms with Crippen molar-refractivity contribution in [2.45, 2.75) is 17.1 Å². The molecule has 0 spiro atoms. The van der Waals surface area contributed by atoms with Crippen molar-refractivity contribution in [1.29, 1.82) is 0 Å². The minimum Gasteiger partial charge on any atom is -0.325 e. The zero-order valence-corrected chi connectivity index (χ0v) is 26.1. The highest BCUT2D eigenvalue weighted by atomic mass is 32.2. The maximum Gasteiger partial charge on any atom is 0.272 e. The van der Waals surface area contributed by atoms with Crippen molar-refractivity contribution in [3.63, 3.8) is 0 Å². The molecule has 0 saturated heterocycles. The van der Waals surface area contributed by atoms with Crippen molar-refractivity contribution in [2.24, 2.45) is 0 Å². The van der Waals surface area contributed by atoms with Crippen molar-refractivity contribution in [3.8, 4) is 0 Å². The summed E-state index contributed by atoms with van der Waals surface area (Å²) in [5, 5.41) is 20.9. The molecule has 0 saturated carbocycles. The highest BCUT2D eigenvalue weighted by molar-refractivity contribution is 8.00. The highest BCUT2D eigenvalue weighted by Gasteiger charge is 2.24. The van der Waals surface area contributed by atoms with Gasteiger partial charge in [-0.1, -0.05) is 60.7 Å². The molecule has 0 aliphatic carbocycles. The molecular formula is C35H28N4O5S2. The van der Waals surface area contributed by atoms with Gasteiger partial charge in [-0.2, -0.15) is 0 Å². The van der Waals surface area contributed by atoms with Crippen molar-refractivity contribution in [2.75, 3.05) is 10.6 Å². The molecule has 1 heterocycles. The van der Waals surface area contributed by atoms with Gasteiger partial charge in [-0.05, 0) is 72.0 Å². The average molecular weight is 649 g/mol. The molecule has 3 amide bonds. The SMILES string of the molecule is Cc1cc([N+](=O)[O-])ccc1NC(=O)C(Sc1cccc(NC(=O)/C(=C/c2cccs2)NC(=O)c2ccccc2)c1)c1ccccc1. The summed E-state index contributed by atoms with van der Waals surface area (Å²) in [4.78, 5) is 52.2. The van der Waals surface area contributed by atoms with E-state index in [2.05, 4.69) is 16.0 Å². The number of hydrogen-bond donors (Lipinski definition) is 3. The largest absolute Gasteiger partial charge is 0.325 e. The number of nitro groups is 1. The van der Waals surface area contributed by atoms with Gasteiger partial charge in [-0.25, -0.2) is 0 Å². The normalized spacial score (nSPS) is 11.7. The standard InChI is InChI=1S/C35H28N4O5S2/c1-23-20-27(39(43)44)17-18-30(23)37-35(42)32(24-10-4-2-5-11-24)46-29-15-8-14-26(21-29)36-34(41)31(22-28-16-9-19-45-28)38-33(40)25-12-6-3-7-13-25/h2-22,32H,1H3,(H,36,41)(H,37,42)(H,38,40)/b31-22-. The number of carbonyl (C=O) groups is 3. The molecule has 5 aromatic rings. The first-order valence-electron chi connectivity index (χ1n) is 14.1. The van der Waals surface area contributed by atoms with Gasteiger partial charge in [-0.3, -0.25) is 24.5 Å². The molecule has 11 heteroatoms. The van der Waals surface area contributed by atoms with Gasteiger partial charge in [-0.15, -0.1) is 23.1 Å². The van der Waals surface area contributed by atoms with Crippen LogP contribution in [0.3, 0.4) is 0 Å². The number of amides is 3. The quantitative estimate of drug-likeness (QED) is 0.0579. The number of benzene rings is 4. The fourth-order valence-electron chi connectivity index (χ4n) is 4.44. The van der Waals surface area contributed by atoms with Crippen LogP contribution in [0.2, 0.25) is 0 Å². The third-order valence-electron chi connectivity index (χ3n) is 6.72. The Kier molecular flexibility index (Phi) is 10.4. The van der Waals surface area contributed by atoms with E-state index in [9.17, 15) is 24.5 Å². The number of thioether (sulfide) groups is 1. The van der Waals surface area contributed by atoms with Gasteiger partial charge < -0.3 is 16.0 Å². The monoisotopic (exact) mass is 648 g/mol. The van der Waals surface area contributed by atoms with Crippen LogP contribution in [0.15, 0.2) is 131 Å². The van der Waals surface area contributed by atoms with Gasteiger partial charge in [0.15, 0.2) is 0 Å². The molecule has 1 aromatic heterocycles. The summed E-state index contributed by atoms with van der Waals surface area (Å²) >= 11 is 2.72. The molecular weight excluding hydrogens is 621 g/mol. The fourth-order valence-corrected chi connectivity index (χ4v) is 6.18. The predicted octanol–water partition coefficient (Wildman–Crippen LogP) is 7.85. The molecule has 0 radical (unpaired) electrons. The van der Waals surface area contributed by atoms with E-state index in [-0.39, 0.29) is 17.3 Å². The lowest BCUT2D eigenvalue weighted by Crippen LogP contribution is -2.30. The number of aryl methyl sites for hydroxylation is 1. The first-order valence-corrected chi connectivity index (χ1v) is 15.8. The van der Waals surface area contributed by atoms with Gasteiger partial charge in [0.05, 0.1) is 4.92 Å². The van der Waals surface area contributed by atoms with Crippen molar-refractivity contribution in [1.82, 2.24) is 5.32 Å². The zero-order chi connectivity index (χ0) is 32.5. The number of thiophene rings is 1. The second kappa shape index (κ2) is 15.0. The third kappa shape index (κ3) is 8.35. The van der Waals surface area contributed by atoms with Gasteiger partial charge in [0, 0.05) is 38.8 Å². The molecule has 0 bridgehead atoms. The van der Waals surface area contributed by atoms with Crippen LogP contribution in [0, 0.1) is 17.0 Å². The van der Waals surface area contributed by atoms with E-state index in [1.807, 2.05) is 53.9 Å². The Morgan fingerprint density at radius 1 is 0.848 bits per heavy atom. The number of carbonyl (C=O) groups excluding carboxylic acids is 3. The van der Waals surface area contributed by atoms with E-state index < -0.39 is 22.0 Å². The van der Waals surface area contributed by atoms with Crippen molar-refractivity contribution in [3.05, 3.63) is 158 Å². The van der Waals surface area contributed by atoms with Crippen LogP contribution in [0.1, 0.15) is 31.6 Å². The summed E-state index contributed by atoms with van der Waals surface area (Å²) in [6, 6.07) is 32.9. The Labute approximate surface area is 273 Å². The van der Waals surface area contributed by atoms with E-state index in [1.54, 1.807) is 61.5 Å². The summed E-state index contributed by atoms with van der Waals surface area (Å²) in [5.74, 6) is -1.24. The Balaban J connectivity index is 1.36. The second-order valence-electron chi connectivity index (χ2n) is 10.0. The maximum absolute atomic E-state index is 13.6. The Hall–Kier alpha value is -5.52. The lowest BCUT2D eigenvalue weighted by atomic mass is 10.1. The summed E-state index contributed by atoms with van der Waals surface area (Å²) in [5.41, 5.74) is 2.70. The molecule has 9 nitrogen and oxygen atoms in total. The minimum atomic E-state index is -0.679. The lowest BCUT2D eigenvalue weighted by molar-refractivity contribution is -0.384. The molecule has 0 aliphatic rings. The van der Waals surface area contributed by atoms with Crippen LogP contribution < -0.4 is 16.0 Å². The van der Waals surface area contributed by atoms with E-state index in [0.717, 1.165) is 10.4 Å². The van der Waals surface area contributed by atoms with E-state index in [0.29, 0.717) is 27.4 Å². The summed E-state index contributed by atoms with van der Waals surface area (Å²) in [6.45, 7) is 1.70. The first kappa shape index (κ1) is 31.9. The molecule has 3 N–H and O–H groups in total. The van der Waals surface area contributed by atoms with Crippen molar-refractivity contribution < 1.29 is 19.3 Å². The van der Waals surface area contributed by atoms with Gasteiger partial charge in [0.1, 0.15) is 10.9 Å². The predicted molar refractivity (Wildman–Crippen MR) is 183 cm³/mol. The number of nitrogens with zero attached hydrogens (tertiary/aromatic N) is 1. The van der Waals surface area contributed by atoms with E-state index in [4.69, 9.17) is 0 Å². The number of anilines is 2. The second-order valence-corrected chi connectivity index (χ2v) is 12.2. The molecule has 1 atom stereocenters. The van der Waals surface area contributed by atoms with Gasteiger partial charge in [0.2, 0.25) is 5.91 Å². The van der Waals surface area contributed by atoms with Gasteiger partial charge in [0.25, 0.3) is 17.5 Å². The summed E-state index contributed by atoms with van der Waals surface area (Å²) in [7, 11) is 0. The Morgan fingerprint density at radius 2 is 1.59 bits per heavy atom. The van der Waals surface area contributed by atoms with Crippen LogP contribution in [0.5, 0.6) is 0 Å². The maximum atomic E-state index is 13.6. The summed E-state index contributed by atoms with van der Waals surface area (Å²) < 4.78 is 0. The molecule has 1 unspecified atom stereocenters.